The van der Waals surface area contributed by atoms with Gasteiger partial charge in [-0.25, -0.2) is 4.39 Å². The number of alkyl halides is 1. The summed E-state index contributed by atoms with van der Waals surface area (Å²) in [5, 5.41) is 8.83. The number of carbonyl (C=O) groups is 1. The highest BCUT2D eigenvalue weighted by atomic mass is 19.1. The van der Waals surface area contributed by atoms with Crippen molar-refractivity contribution in [3.63, 3.8) is 0 Å². The molecule has 0 aromatic heterocycles. The van der Waals surface area contributed by atoms with Crippen molar-refractivity contribution in [1.29, 1.82) is 0 Å². The van der Waals surface area contributed by atoms with Crippen LogP contribution in [0.1, 0.15) is 19.8 Å². The van der Waals surface area contributed by atoms with E-state index in [1.165, 1.54) is 0 Å². The van der Waals surface area contributed by atoms with E-state index in [0.717, 1.165) is 6.92 Å². The van der Waals surface area contributed by atoms with Crippen molar-refractivity contribution < 1.29 is 14.3 Å². The molecule has 0 aliphatic heterocycles. The van der Waals surface area contributed by atoms with Crippen LogP contribution in [0, 0.1) is 0 Å². The van der Waals surface area contributed by atoms with Gasteiger partial charge in [0.1, 0.15) is 0 Å². The lowest BCUT2D eigenvalue weighted by Crippen LogP contribution is -2.34. The number of ketones is 1. The van der Waals surface area contributed by atoms with Crippen LogP contribution in [-0.2, 0) is 4.79 Å². The third kappa shape index (κ3) is 0.852. The summed E-state index contributed by atoms with van der Waals surface area (Å²) in [5.74, 6) is -0.477. The predicted molar refractivity (Wildman–Crippen MR) is 29.8 cm³/mol. The van der Waals surface area contributed by atoms with Crippen molar-refractivity contribution in [2.75, 3.05) is 0 Å². The molecule has 0 heterocycles. The van der Waals surface area contributed by atoms with Crippen LogP contribution in [-0.4, -0.2) is 22.7 Å². The minimum atomic E-state index is -1.97. The highest BCUT2D eigenvalue weighted by molar-refractivity contribution is 5.89. The quantitative estimate of drug-likeness (QED) is 0.519. The molecule has 52 valence electrons. The summed E-state index contributed by atoms with van der Waals surface area (Å²) in [6.07, 6.45) is -0.634. The Hall–Kier alpha value is -0.440. The molecule has 1 rings (SSSR count). The molecule has 1 aliphatic carbocycles. The lowest BCUT2D eigenvalue weighted by atomic mass is 10.1. The number of hydrogen-bond donors (Lipinski definition) is 1. The molecule has 0 bridgehead atoms. The Morgan fingerprint density at radius 2 is 2.44 bits per heavy atom. The summed E-state index contributed by atoms with van der Waals surface area (Å²) in [4.78, 5) is 10.6. The lowest BCUT2D eigenvalue weighted by Gasteiger charge is -2.14. The number of halogens is 1. The molecule has 9 heavy (non-hydrogen) atoms. The van der Waals surface area contributed by atoms with E-state index in [9.17, 15) is 9.18 Å². The Bertz CT molecular complexity index is 142. The van der Waals surface area contributed by atoms with Gasteiger partial charge in [0.25, 0.3) is 0 Å². The number of carbonyl (C=O) groups excluding carboxylic acids is 1. The van der Waals surface area contributed by atoms with Crippen molar-refractivity contribution in [2.45, 2.75) is 31.5 Å². The van der Waals surface area contributed by atoms with Gasteiger partial charge in [0.15, 0.2) is 11.5 Å². The maximum Gasteiger partial charge on any atom is 0.191 e. The maximum atomic E-state index is 12.8. The van der Waals surface area contributed by atoms with Crippen LogP contribution in [0.5, 0.6) is 0 Å². The van der Waals surface area contributed by atoms with E-state index in [-0.39, 0.29) is 12.8 Å². The Labute approximate surface area is 52.7 Å². The highest BCUT2D eigenvalue weighted by Gasteiger charge is 2.45. The van der Waals surface area contributed by atoms with Crippen molar-refractivity contribution in [3.8, 4) is 0 Å². The summed E-state index contributed by atoms with van der Waals surface area (Å²) < 4.78 is 12.8. The number of Topliss-reactive ketones (excluding diaryl/α,β-unsaturated/α-hetero) is 1. The van der Waals surface area contributed by atoms with Crippen LogP contribution in [0.15, 0.2) is 0 Å². The van der Waals surface area contributed by atoms with E-state index in [1.54, 1.807) is 0 Å². The molecule has 1 saturated carbocycles. The van der Waals surface area contributed by atoms with E-state index in [2.05, 4.69) is 0 Å². The fraction of sp³-hybridized carbons (Fsp3) is 0.833. The Kier molecular flexibility index (Phi) is 1.31. The van der Waals surface area contributed by atoms with Gasteiger partial charge in [0.05, 0.1) is 6.10 Å². The molecule has 1 N–H and O–H groups in total. The third-order valence-corrected chi connectivity index (χ3v) is 1.82. The molecule has 0 aromatic rings. The second kappa shape index (κ2) is 1.77. The van der Waals surface area contributed by atoms with E-state index in [4.69, 9.17) is 5.11 Å². The second-order valence-electron chi connectivity index (χ2n) is 2.55. The van der Waals surface area contributed by atoms with Crippen molar-refractivity contribution in [2.24, 2.45) is 0 Å². The van der Waals surface area contributed by atoms with Gasteiger partial charge in [-0.1, -0.05) is 0 Å². The van der Waals surface area contributed by atoms with E-state index in [1.807, 2.05) is 0 Å². The zero-order chi connectivity index (χ0) is 7.07. The van der Waals surface area contributed by atoms with Gasteiger partial charge in [0.2, 0.25) is 0 Å². The standard InChI is InChI=1S/C6H9FO2/c1-6(7)4(8)2-3-5(6)9/h4,8H,2-3H2,1H3/t4-,6+/m1/s1. The van der Waals surface area contributed by atoms with Gasteiger partial charge in [0, 0.05) is 6.42 Å². The minimum Gasteiger partial charge on any atom is -0.389 e. The number of hydrogen-bond acceptors (Lipinski definition) is 2. The first-order valence-electron chi connectivity index (χ1n) is 2.95. The van der Waals surface area contributed by atoms with Gasteiger partial charge in [-0.3, -0.25) is 4.79 Å². The average molecular weight is 132 g/mol. The molecule has 0 spiro atoms. The number of rotatable bonds is 0. The predicted octanol–water partition coefficient (Wildman–Crippen LogP) is 0.438. The Morgan fingerprint density at radius 3 is 2.56 bits per heavy atom. The lowest BCUT2D eigenvalue weighted by molar-refractivity contribution is -0.129. The van der Waals surface area contributed by atoms with E-state index >= 15 is 0 Å². The first-order valence-corrected chi connectivity index (χ1v) is 2.95. The van der Waals surface area contributed by atoms with E-state index in [0.29, 0.717) is 0 Å². The van der Waals surface area contributed by atoms with Crippen molar-refractivity contribution in [3.05, 3.63) is 0 Å². The first kappa shape index (κ1) is 6.68. The molecule has 2 atom stereocenters. The summed E-state index contributed by atoms with van der Waals surface area (Å²) in [5.41, 5.74) is -1.97. The fourth-order valence-electron chi connectivity index (χ4n) is 0.969. The van der Waals surface area contributed by atoms with Crippen LogP contribution < -0.4 is 0 Å². The summed E-state index contributed by atoms with van der Waals surface area (Å²) in [6, 6.07) is 0. The topological polar surface area (TPSA) is 37.3 Å². The highest BCUT2D eigenvalue weighted by Crippen LogP contribution is 2.29. The Morgan fingerprint density at radius 1 is 1.89 bits per heavy atom. The molecule has 1 fully saturated rings. The van der Waals surface area contributed by atoms with Gasteiger partial charge in [-0.2, -0.15) is 0 Å². The molecule has 0 unspecified atom stereocenters. The fourth-order valence-corrected chi connectivity index (χ4v) is 0.969. The molecule has 0 saturated heterocycles. The zero-order valence-corrected chi connectivity index (χ0v) is 5.22. The number of aliphatic hydroxyl groups is 1. The third-order valence-electron chi connectivity index (χ3n) is 1.82. The second-order valence-corrected chi connectivity index (χ2v) is 2.55. The van der Waals surface area contributed by atoms with Crippen molar-refractivity contribution >= 4 is 5.78 Å². The summed E-state index contributed by atoms with van der Waals surface area (Å²) >= 11 is 0. The van der Waals surface area contributed by atoms with Crippen LogP contribution in [0.25, 0.3) is 0 Å². The van der Waals surface area contributed by atoms with E-state index < -0.39 is 17.6 Å². The van der Waals surface area contributed by atoms with Gasteiger partial charge >= 0.3 is 0 Å². The molecule has 2 nitrogen and oxygen atoms in total. The van der Waals surface area contributed by atoms with Crippen LogP contribution in [0.2, 0.25) is 0 Å². The average Bonchev–Trinajstić information content (AvgIpc) is 1.96. The van der Waals surface area contributed by atoms with Gasteiger partial charge in [-0.15, -0.1) is 0 Å². The molecule has 0 amide bonds. The van der Waals surface area contributed by atoms with Crippen LogP contribution in [0.3, 0.4) is 0 Å². The summed E-state index contributed by atoms with van der Waals surface area (Å²) in [6.45, 7) is 1.13. The smallest absolute Gasteiger partial charge is 0.191 e. The minimum absolute atomic E-state index is 0.175. The van der Waals surface area contributed by atoms with Crippen LogP contribution >= 0.6 is 0 Å². The van der Waals surface area contributed by atoms with Crippen molar-refractivity contribution in [1.82, 2.24) is 0 Å². The molecule has 0 radical (unpaired) electrons. The normalized spacial score (nSPS) is 43.9. The largest absolute Gasteiger partial charge is 0.389 e. The summed E-state index contributed by atoms with van der Waals surface area (Å²) in [7, 11) is 0. The molecule has 3 heteroatoms. The zero-order valence-electron chi connectivity index (χ0n) is 5.22. The monoisotopic (exact) mass is 132 g/mol. The number of aliphatic hydroxyl groups excluding tert-OH is 1. The molecular weight excluding hydrogens is 123 g/mol. The van der Waals surface area contributed by atoms with Crippen LogP contribution in [0.4, 0.5) is 4.39 Å². The SMILES string of the molecule is C[C@@]1(F)C(=O)CC[C@H]1O. The molecular formula is C6H9FO2. The first-order chi connectivity index (χ1) is 4.05. The molecule has 0 aromatic carbocycles. The van der Waals surface area contributed by atoms with Gasteiger partial charge in [-0.05, 0) is 13.3 Å². The Balaban J connectivity index is 2.78. The maximum absolute atomic E-state index is 12.8. The molecule has 1 aliphatic rings. The van der Waals surface area contributed by atoms with Gasteiger partial charge < -0.3 is 5.11 Å².